The van der Waals surface area contributed by atoms with Crippen LogP contribution in [-0.4, -0.2) is 18.4 Å². The van der Waals surface area contributed by atoms with E-state index >= 15 is 0 Å². The van der Waals surface area contributed by atoms with Crippen LogP contribution in [-0.2, 0) is 11.2 Å². The largest absolute Gasteiger partial charge is 0.350 e. The van der Waals surface area contributed by atoms with Crippen LogP contribution in [0, 0.1) is 5.82 Å². The van der Waals surface area contributed by atoms with Crippen molar-refractivity contribution in [3.63, 3.8) is 0 Å². The van der Waals surface area contributed by atoms with Gasteiger partial charge in [0.2, 0.25) is 0 Å². The number of amides is 2. The number of hydrogen-bond acceptors (Lipinski definition) is 3. The molecule has 142 valence electrons. The number of halogens is 1. The van der Waals surface area contributed by atoms with Crippen molar-refractivity contribution in [1.29, 1.82) is 0 Å². The van der Waals surface area contributed by atoms with Crippen molar-refractivity contribution in [3.8, 4) is 0 Å². The minimum atomic E-state index is -0.375. The van der Waals surface area contributed by atoms with Crippen molar-refractivity contribution in [2.24, 2.45) is 0 Å². The number of rotatable bonds is 7. The van der Waals surface area contributed by atoms with E-state index in [4.69, 9.17) is 0 Å². The Kier molecular flexibility index (Phi) is 6.70. The Morgan fingerprint density at radius 1 is 0.964 bits per heavy atom. The van der Waals surface area contributed by atoms with Gasteiger partial charge < -0.3 is 10.6 Å². The van der Waals surface area contributed by atoms with Crippen molar-refractivity contribution in [2.75, 3.05) is 6.54 Å². The zero-order chi connectivity index (χ0) is 19.8. The highest BCUT2D eigenvalue weighted by Gasteiger charge is 2.14. The van der Waals surface area contributed by atoms with Gasteiger partial charge in [-0.25, -0.2) is 4.39 Å². The van der Waals surface area contributed by atoms with Crippen LogP contribution in [0.1, 0.15) is 20.8 Å². The molecule has 0 radical (unpaired) electrons. The van der Waals surface area contributed by atoms with Crippen LogP contribution in [0.5, 0.6) is 0 Å². The Labute approximate surface area is 166 Å². The van der Waals surface area contributed by atoms with Gasteiger partial charge in [-0.15, -0.1) is 11.3 Å². The van der Waals surface area contributed by atoms with Crippen LogP contribution in [0.4, 0.5) is 4.39 Å². The summed E-state index contributed by atoms with van der Waals surface area (Å²) in [7, 11) is 0. The predicted octanol–water partition coefficient (Wildman–Crippen LogP) is 4.02. The van der Waals surface area contributed by atoms with E-state index in [1.54, 1.807) is 42.5 Å². The fraction of sp³-hybridized carbons (Fsp3) is 0.0909. The van der Waals surface area contributed by atoms with Gasteiger partial charge in [0.25, 0.3) is 11.8 Å². The SMILES string of the molecule is O=C(NCCc1ccc(F)cc1)/C(=C/c1cccs1)NC(=O)c1ccccc1. The second-order valence-electron chi connectivity index (χ2n) is 6.03. The molecule has 2 N–H and O–H groups in total. The van der Waals surface area contributed by atoms with E-state index in [1.807, 2.05) is 23.6 Å². The van der Waals surface area contributed by atoms with Crippen LogP contribution >= 0.6 is 11.3 Å². The molecule has 0 saturated heterocycles. The molecule has 6 heteroatoms. The molecule has 1 heterocycles. The van der Waals surface area contributed by atoms with Crippen molar-refractivity contribution in [3.05, 3.63) is 99.6 Å². The minimum absolute atomic E-state index is 0.176. The molecular formula is C22H19FN2O2S. The average Bonchev–Trinajstić information content (AvgIpc) is 3.22. The standard InChI is InChI=1S/C22H19FN2O2S/c23-18-10-8-16(9-11-18)12-13-24-22(27)20(15-19-7-4-14-28-19)25-21(26)17-5-2-1-3-6-17/h1-11,14-15H,12-13H2,(H,24,27)(H,25,26)/b20-15-. The topological polar surface area (TPSA) is 58.2 Å². The number of hydrogen-bond donors (Lipinski definition) is 2. The Bertz CT molecular complexity index is 952. The van der Waals surface area contributed by atoms with Crippen molar-refractivity contribution >= 4 is 29.2 Å². The molecule has 2 amide bonds. The second kappa shape index (κ2) is 9.62. The van der Waals surface area contributed by atoms with Gasteiger partial charge in [0.1, 0.15) is 11.5 Å². The molecule has 0 aliphatic rings. The van der Waals surface area contributed by atoms with E-state index in [9.17, 15) is 14.0 Å². The van der Waals surface area contributed by atoms with Gasteiger partial charge in [-0.05, 0) is 53.8 Å². The molecule has 3 rings (SSSR count). The zero-order valence-electron chi connectivity index (χ0n) is 15.0. The first-order valence-electron chi connectivity index (χ1n) is 8.76. The van der Waals surface area contributed by atoms with Gasteiger partial charge in [-0.2, -0.15) is 0 Å². The molecule has 2 aromatic carbocycles. The summed E-state index contributed by atoms with van der Waals surface area (Å²) in [6.45, 7) is 0.369. The molecule has 0 saturated carbocycles. The number of thiophene rings is 1. The Hall–Kier alpha value is -3.25. The third-order valence-corrected chi connectivity index (χ3v) is 4.79. The first-order valence-corrected chi connectivity index (χ1v) is 9.64. The molecule has 28 heavy (non-hydrogen) atoms. The molecule has 1 aromatic heterocycles. The second-order valence-corrected chi connectivity index (χ2v) is 7.01. The number of carbonyl (C=O) groups excluding carboxylic acids is 2. The van der Waals surface area contributed by atoms with E-state index in [0.717, 1.165) is 10.4 Å². The highest BCUT2D eigenvalue weighted by molar-refractivity contribution is 7.10. The van der Waals surface area contributed by atoms with Crippen LogP contribution in [0.15, 0.2) is 77.8 Å². The van der Waals surface area contributed by atoms with Crippen LogP contribution in [0.2, 0.25) is 0 Å². The molecule has 0 spiro atoms. The van der Waals surface area contributed by atoms with Gasteiger partial charge >= 0.3 is 0 Å². The van der Waals surface area contributed by atoms with Gasteiger partial charge in [-0.3, -0.25) is 9.59 Å². The van der Waals surface area contributed by atoms with Crippen molar-refractivity contribution in [1.82, 2.24) is 10.6 Å². The number of nitrogens with one attached hydrogen (secondary N) is 2. The lowest BCUT2D eigenvalue weighted by Gasteiger charge is -2.11. The van der Waals surface area contributed by atoms with E-state index < -0.39 is 0 Å². The average molecular weight is 394 g/mol. The molecule has 0 aliphatic carbocycles. The lowest BCUT2D eigenvalue weighted by Crippen LogP contribution is -2.35. The maximum atomic E-state index is 13.0. The summed E-state index contributed by atoms with van der Waals surface area (Å²) in [6.07, 6.45) is 2.21. The summed E-state index contributed by atoms with van der Waals surface area (Å²) in [6, 6.07) is 18.6. The molecule has 0 atom stereocenters. The highest BCUT2D eigenvalue weighted by Crippen LogP contribution is 2.13. The van der Waals surface area contributed by atoms with E-state index in [2.05, 4.69) is 10.6 Å². The quantitative estimate of drug-likeness (QED) is 0.595. The summed E-state index contributed by atoms with van der Waals surface area (Å²) >= 11 is 1.47. The fourth-order valence-electron chi connectivity index (χ4n) is 2.52. The monoisotopic (exact) mass is 394 g/mol. The molecule has 0 bridgehead atoms. The summed E-state index contributed by atoms with van der Waals surface area (Å²) < 4.78 is 13.0. The smallest absolute Gasteiger partial charge is 0.267 e. The van der Waals surface area contributed by atoms with Gasteiger partial charge in [-0.1, -0.05) is 36.4 Å². The van der Waals surface area contributed by atoms with Crippen molar-refractivity contribution < 1.29 is 14.0 Å². The van der Waals surface area contributed by atoms with Gasteiger partial charge in [0.15, 0.2) is 0 Å². The first kappa shape index (κ1) is 19.5. The summed E-state index contributed by atoms with van der Waals surface area (Å²) in [5, 5.41) is 7.40. The van der Waals surface area contributed by atoms with Crippen LogP contribution < -0.4 is 10.6 Å². The van der Waals surface area contributed by atoms with E-state index in [-0.39, 0.29) is 23.3 Å². The lowest BCUT2D eigenvalue weighted by molar-refractivity contribution is -0.117. The molecule has 4 nitrogen and oxygen atoms in total. The molecular weight excluding hydrogens is 375 g/mol. The van der Waals surface area contributed by atoms with Crippen molar-refractivity contribution in [2.45, 2.75) is 6.42 Å². The van der Waals surface area contributed by atoms with Gasteiger partial charge in [0.05, 0.1) is 0 Å². The molecule has 3 aromatic rings. The van der Waals surface area contributed by atoms with Gasteiger partial charge in [0, 0.05) is 17.0 Å². The number of benzene rings is 2. The third kappa shape index (κ3) is 5.62. The Morgan fingerprint density at radius 3 is 2.39 bits per heavy atom. The Morgan fingerprint density at radius 2 is 1.71 bits per heavy atom. The fourth-order valence-corrected chi connectivity index (χ4v) is 3.18. The summed E-state index contributed by atoms with van der Waals surface area (Å²) in [5.41, 5.74) is 1.56. The number of carbonyl (C=O) groups is 2. The summed E-state index contributed by atoms with van der Waals surface area (Å²) in [4.78, 5) is 25.9. The highest BCUT2D eigenvalue weighted by atomic mass is 32.1. The van der Waals surface area contributed by atoms with E-state index in [0.29, 0.717) is 18.5 Å². The minimum Gasteiger partial charge on any atom is -0.350 e. The first-order chi connectivity index (χ1) is 13.6. The normalized spacial score (nSPS) is 11.1. The zero-order valence-corrected chi connectivity index (χ0v) is 15.8. The third-order valence-electron chi connectivity index (χ3n) is 3.97. The molecule has 0 unspecified atom stereocenters. The lowest BCUT2D eigenvalue weighted by atomic mass is 10.1. The van der Waals surface area contributed by atoms with Crippen LogP contribution in [0.3, 0.4) is 0 Å². The Balaban J connectivity index is 1.66. The summed E-state index contributed by atoms with van der Waals surface area (Å²) in [5.74, 6) is -1.02. The maximum Gasteiger partial charge on any atom is 0.267 e. The molecule has 0 fully saturated rings. The van der Waals surface area contributed by atoms with E-state index in [1.165, 1.54) is 23.5 Å². The van der Waals surface area contributed by atoms with Crippen LogP contribution in [0.25, 0.3) is 6.08 Å². The maximum absolute atomic E-state index is 13.0. The molecule has 0 aliphatic heterocycles. The predicted molar refractivity (Wildman–Crippen MR) is 109 cm³/mol.